The van der Waals surface area contributed by atoms with Crippen LogP contribution in [0.3, 0.4) is 0 Å². The molecule has 0 spiro atoms. The predicted molar refractivity (Wildman–Crippen MR) is 121 cm³/mol. The summed E-state index contributed by atoms with van der Waals surface area (Å²) in [6.07, 6.45) is 4.31. The molecule has 2 aliphatic heterocycles. The summed E-state index contributed by atoms with van der Waals surface area (Å²) in [6, 6.07) is 14.0. The zero-order chi connectivity index (χ0) is 22.0. The van der Waals surface area contributed by atoms with Gasteiger partial charge in [-0.05, 0) is 50.1 Å². The molecular formula is C24H24ClN3O3. The largest absolute Gasteiger partial charge is 0.350 e. The van der Waals surface area contributed by atoms with E-state index >= 15 is 0 Å². The second-order valence-corrected chi connectivity index (χ2v) is 8.26. The molecule has 160 valence electrons. The van der Waals surface area contributed by atoms with Gasteiger partial charge in [0.25, 0.3) is 17.7 Å². The predicted octanol–water partition coefficient (Wildman–Crippen LogP) is 4.45. The van der Waals surface area contributed by atoms with Crippen molar-refractivity contribution in [2.75, 3.05) is 23.3 Å². The molecular weight excluding hydrogens is 414 g/mol. The number of likely N-dealkylation sites (tertiary alicyclic amines) is 1. The number of aryl methyl sites for hydroxylation is 1. The minimum atomic E-state index is -0.574. The monoisotopic (exact) mass is 437 g/mol. The van der Waals surface area contributed by atoms with Gasteiger partial charge in [-0.3, -0.25) is 14.4 Å². The topological polar surface area (TPSA) is 69.7 Å². The van der Waals surface area contributed by atoms with Crippen molar-refractivity contribution in [3.05, 3.63) is 70.4 Å². The Bertz CT molecular complexity index is 1050. The maximum absolute atomic E-state index is 12.9. The average Bonchev–Trinajstić information content (AvgIpc) is 2.98. The molecule has 0 bridgehead atoms. The number of nitrogens with zero attached hydrogens (tertiary/aromatic N) is 2. The van der Waals surface area contributed by atoms with Crippen LogP contribution in [0.25, 0.3) is 0 Å². The molecule has 0 unspecified atom stereocenters. The summed E-state index contributed by atoms with van der Waals surface area (Å²) in [5.74, 6) is -1.13. The van der Waals surface area contributed by atoms with E-state index in [1.54, 1.807) is 36.4 Å². The number of rotatable bonds is 4. The van der Waals surface area contributed by atoms with Crippen molar-refractivity contribution in [2.24, 2.45) is 0 Å². The molecule has 31 heavy (non-hydrogen) atoms. The zero-order valence-corrected chi connectivity index (χ0v) is 18.1. The Morgan fingerprint density at radius 1 is 0.935 bits per heavy atom. The first-order valence-corrected chi connectivity index (χ1v) is 10.8. The van der Waals surface area contributed by atoms with Gasteiger partial charge in [0, 0.05) is 24.3 Å². The molecule has 2 heterocycles. The van der Waals surface area contributed by atoms with Crippen LogP contribution < -0.4 is 10.2 Å². The number of imide groups is 1. The number of benzene rings is 2. The van der Waals surface area contributed by atoms with Gasteiger partial charge in [-0.25, -0.2) is 4.90 Å². The van der Waals surface area contributed by atoms with E-state index in [-0.39, 0.29) is 16.6 Å². The molecule has 1 fully saturated rings. The second kappa shape index (κ2) is 8.94. The third-order valence-corrected chi connectivity index (χ3v) is 5.94. The Labute approximate surface area is 186 Å². The number of halogens is 1. The van der Waals surface area contributed by atoms with Crippen molar-refractivity contribution >= 4 is 40.7 Å². The van der Waals surface area contributed by atoms with Crippen LogP contribution in [0.1, 0.15) is 41.6 Å². The minimum Gasteiger partial charge on any atom is -0.350 e. The molecule has 1 N–H and O–H groups in total. The van der Waals surface area contributed by atoms with Gasteiger partial charge in [0.05, 0.1) is 5.69 Å². The first kappa shape index (κ1) is 21.1. The molecule has 6 nitrogen and oxygen atoms in total. The van der Waals surface area contributed by atoms with Gasteiger partial charge in [0.2, 0.25) is 0 Å². The summed E-state index contributed by atoms with van der Waals surface area (Å²) in [7, 11) is 0. The van der Waals surface area contributed by atoms with Gasteiger partial charge >= 0.3 is 0 Å². The first-order valence-electron chi connectivity index (χ1n) is 10.5. The number of carbonyl (C=O) groups excluding carboxylic acids is 3. The Balaban J connectivity index is 1.54. The van der Waals surface area contributed by atoms with Gasteiger partial charge in [-0.1, -0.05) is 48.2 Å². The summed E-state index contributed by atoms with van der Waals surface area (Å²) in [5, 5.41) is 2.79. The molecule has 0 saturated carbocycles. The molecule has 0 radical (unpaired) electrons. The van der Waals surface area contributed by atoms with Crippen molar-refractivity contribution in [3.8, 4) is 0 Å². The van der Waals surface area contributed by atoms with E-state index < -0.39 is 11.8 Å². The van der Waals surface area contributed by atoms with Gasteiger partial charge in [0.1, 0.15) is 10.7 Å². The maximum Gasteiger partial charge on any atom is 0.283 e. The van der Waals surface area contributed by atoms with Crippen molar-refractivity contribution in [1.29, 1.82) is 0 Å². The van der Waals surface area contributed by atoms with Crippen LogP contribution in [0.4, 0.5) is 11.4 Å². The number of carbonyl (C=O) groups is 3. The highest BCUT2D eigenvalue weighted by molar-refractivity contribution is 6.53. The molecule has 4 rings (SSSR count). The fourth-order valence-corrected chi connectivity index (χ4v) is 4.08. The van der Waals surface area contributed by atoms with Crippen LogP contribution in [0, 0.1) is 6.92 Å². The van der Waals surface area contributed by atoms with Crippen molar-refractivity contribution in [1.82, 2.24) is 4.90 Å². The normalized spacial score (nSPS) is 17.2. The van der Waals surface area contributed by atoms with Crippen molar-refractivity contribution in [3.63, 3.8) is 0 Å². The Morgan fingerprint density at radius 3 is 2.29 bits per heavy atom. The average molecular weight is 438 g/mol. The van der Waals surface area contributed by atoms with Gasteiger partial charge in [-0.15, -0.1) is 0 Å². The number of nitrogens with one attached hydrogen (secondary N) is 1. The highest BCUT2D eigenvalue weighted by Gasteiger charge is 2.39. The first-order chi connectivity index (χ1) is 15.0. The third kappa shape index (κ3) is 4.35. The standard InChI is InChI=1S/C24H24ClN3O3/c1-16-9-11-19(12-10-16)28-23(30)20(25)21(24(28)31)26-18-8-6-7-17(15-18)22(29)27-13-4-2-3-5-14-27/h6-12,15,26H,2-5,13-14H2,1H3. The quantitative estimate of drug-likeness (QED) is 0.717. The van der Waals surface area contributed by atoms with E-state index in [9.17, 15) is 14.4 Å². The number of hydrogen-bond acceptors (Lipinski definition) is 4. The molecule has 0 aromatic heterocycles. The van der Waals surface area contributed by atoms with Crippen LogP contribution in [0.5, 0.6) is 0 Å². The molecule has 2 aromatic rings. The van der Waals surface area contributed by atoms with Crippen LogP contribution in [0.2, 0.25) is 0 Å². The lowest BCUT2D eigenvalue weighted by atomic mass is 10.1. The number of amides is 3. The number of anilines is 2. The summed E-state index contributed by atoms with van der Waals surface area (Å²) in [5.41, 5.74) is 2.55. The second-order valence-electron chi connectivity index (χ2n) is 7.88. The highest BCUT2D eigenvalue weighted by atomic mass is 35.5. The van der Waals surface area contributed by atoms with E-state index in [0.717, 1.165) is 49.2 Å². The lowest BCUT2D eigenvalue weighted by molar-refractivity contribution is -0.120. The van der Waals surface area contributed by atoms with Crippen molar-refractivity contribution in [2.45, 2.75) is 32.6 Å². The number of hydrogen-bond donors (Lipinski definition) is 1. The van der Waals surface area contributed by atoms with Crippen LogP contribution in [-0.4, -0.2) is 35.7 Å². The minimum absolute atomic E-state index is 0.00612. The van der Waals surface area contributed by atoms with Crippen LogP contribution in [0.15, 0.2) is 59.3 Å². The fraction of sp³-hybridized carbons (Fsp3) is 0.292. The molecule has 2 aromatic carbocycles. The van der Waals surface area contributed by atoms with Crippen LogP contribution >= 0.6 is 11.6 Å². The van der Waals surface area contributed by atoms with E-state index in [4.69, 9.17) is 11.6 Å². The van der Waals surface area contributed by atoms with E-state index in [1.807, 2.05) is 24.0 Å². The third-order valence-electron chi connectivity index (χ3n) is 5.59. The Hall–Kier alpha value is -3.12. The molecule has 2 aliphatic rings. The summed E-state index contributed by atoms with van der Waals surface area (Å²) < 4.78 is 0. The highest BCUT2D eigenvalue weighted by Crippen LogP contribution is 2.30. The fourth-order valence-electron chi connectivity index (χ4n) is 3.87. The van der Waals surface area contributed by atoms with E-state index in [0.29, 0.717) is 16.9 Å². The van der Waals surface area contributed by atoms with E-state index in [2.05, 4.69) is 5.32 Å². The van der Waals surface area contributed by atoms with E-state index in [1.165, 1.54) is 0 Å². The summed E-state index contributed by atoms with van der Waals surface area (Å²) >= 11 is 6.22. The zero-order valence-electron chi connectivity index (χ0n) is 17.4. The molecule has 0 aliphatic carbocycles. The van der Waals surface area contributed by atoms with Gasteiger partial charge in [-0.2, -0.15) is 0 Å². The van der Waals surface area contributed by atoms with Gasteiger partial charge < -0.3 is 10.2 Å². The summed E-state index contributed by atoms with van der Waals surface area (Å²) in [4.78, 5) is 41.4. The SMILES string of the molecule is Cc1ccc(N2C(=O)C(Cl)=C(Nc3cccc(C(=O)N4CCCCCC4)c3)C2=O)cc1. The lowest BCUT2D eigenvalue weighted by Crippen LogP contribution is -2.32. The molecule has 1 saturated heterocycles. The smallest absolute Gasteiger partial charge is 0.283 e. The van der Waals surface area contributed by atoms with Crippen molar-refractivity contribution < 1.29 is 14.4 Å². The molecule has 0 atom stereocenters. The lowest BCUT2D eigenvalue weighted by Gasteiger charge is -2.20. The maximum atomic E-state index is 12.9. The molecule has 3 amide bonds. The Kier molecular flexibility index (Phi) is 6.09. The van der Waals surface area contributed by atoms with Crippen LogP contribution in [-0.2, 0) is 9.59 Å². The Morgan fingerprint density at radius 2 is 1.61 bits per heavy atom. The van der Waals surface area contributed by atoms with Gasteiger partial charge in [0.15, 0.2) is 0 Å². The summed E-state index contributed by atoms with van der Waals surface area (Å²) in [6.45, 7) is 3.44. The molecule has 7 heteroatoms.